The van der Waals surface area contributed by atoms with Gasteiger partial charge in [-0.2, -0.15) is 0 Å². The molecule has 2 rings (SSSR count). The van der Waals surface area contributed by atoms with Crippen LogP contribution in [0.5, 0.6) is 0 Å². The third kappa shape index (κ3) is 3.20. The molecule has 0 spiro atoms. The van der Waals surface area contributed by atoms with Crippen LogP contribution in [-0.2, 0) is 4.79 Å². The molecule has 0 fully saturated rings. The number of carbonyl (C=O) groups is 1. The van der Waals surface area contributed by atoms with Gasteiger partial charge in [0, 0.05) is 21.7 Å². The molecule has 5 heteroatoms. The van der Waals surface area contributed by atoms with E-state index in [0.717, 1.165) is 21.8 Å². The predicted octanol–water partition coefficient (Wildman–Crippen LogP) is 3.19. The average Bonchev–Trinajstić information content (AvgIpc) is 2.40. The lowest BCUT2D eigenvalue weighted by molar-refractivity contribution is -0.131. The largest absolute Gasteiger partial charge is 0.478 e. The van der Waals surface area contributed by atoms with E-state index >= 15 is 0 Å². The van der Waals surface area contributed by atoms with E-state index in [4.69, 9.17) is 10.8 Å². The normalized spacial score (nSPS) is 10.8. The molecular weight excluding hydrogens is 308 g/mol. The molecule has 0 atom stereocenters. The van der Waals surface area contributed by atoms with Crippen molar-refractivity contribution in [3.05, 3.63) is 52.5 Å². The van der Waals surface area contributed by atoms with E-state index in [2.05, 4.69) is 20.9 Å². The van der Waals surface area contributed by atoms with Crippen LogP contribution in [0.3, 0.4) is 0 Å². The number of rotatable bonds is 3. The molecule has 1 aromatic heterocycles. The summed E-state index contributed by atoms with van der Waals surface area (Å²) in [7, 11) is 0. The van der Waals surface area contributed by atoms with Gasteiger partial charge in [0.15, 0.2) is 0 Å². The van der Waals surface area contributed by atoms with Crippen LogP contribution in [0.25, 0.3) is 17.3 Å². The Morgan fingerprint density at radius 3 is 2.63 bits per heavy atom. The van der Waals surface area contributed by atoms with Gasteiger partial charge in [0.2, 0.25) is 0 Å². The van der Waals surface area contributed by atoms with Crippen LogP contribution >= 0.6 is 15.9 Å². The molecule has 96 valence electrons. The third-order valence-electron chi connectivity index (χ3n) is 2.49. The third-order valence-corrected chi connectivity index (χ3v) is 3.09. The second kappa shape index (κ2) is 5.67. The first-order valence-electron chi connectivity index (χ1n) is 5.50. The SMILES string of the molecule is Nc1nc(-c2ccccc2)c(Br)cc1/C=C/C(=O)O. The Morgan fingerprint density at radius 2 is 2.00 bits per heavy atom. The highest BCUT2D eigenvalue weighted by atomic mass is 79.9. The molecule has 1 aromatic carbocycles. The zero-order valence-electron chi connectivity index (χ0n) is 9.88. The molecule has 1 heterocycles. The molecule has 0 bridgehead atoms. The molecule has 0 amide bonds. The lowest BCUT2D eigenvalue weighted by Crippen LogP contribution is -1.97. The summed E-state index contributed by atoms with van der Waals surface area (Å²) >= 11 is 3.43. The van der Waals surface area contributed by atoms with Gasteiger partial charge in [0.1, 0.15) is 5.82 Å². The summed E-state index contributed by atoms with van der Waals surface area (Å²) in [6.45, 7) is 0. The number of nitrogens with two attached hydrogens (primary N) is 1. The van der Waals surface area contributed by atoms with Crippen LogP contribution in [-0.4, -0.2) is 16.1 Å². The Hall–Kier alpha value is -2.14. The van der Waals surface area contributed by atoms with Gasteiger partial charge in [-0.05, 0) is 28.1 Å². The maximum Gasteiger partial charge on any atom is 0.328 e. The van der Waals surface area contributed by atoms with Crippen LogP contribution in [0.1, 0.15) is 5.56 Å². The Morgan fingerprint density at radius 1 is 1.32 bits per heavy atom. The summed E-state index contributed by atoms with van der Waals surface area (Å²) < 4.78 is 0.762. The van der Waals surface area contributed by atoms with Crippen LogP contribution in [0.15, 0.2) is 46.9 Å². The van der Waals surface area contributed by atoms with Gasteiger partial charge in [-0.3, -0.25) is 0 Å². The van der Waals surface area contributed by atoms with Gasteiger partial charge >= 0.3 is 5.97 Å². The summed E-state index contributed by atoms with van der Waals surface area (Å²) in [5.41, 5.74) is 8.07. The van der Waals surface area contributed by atoms with Gasteiger partial charge < -0.3 is 10.8 Å². The number of nitrogens with zero attached hydrogens (tertiary/aromatic N) is 1. The highest BCUT2D eigenvalue weighted by molar-refractivity contribution is 9.10. The quantitative estimate of drug-likeness (QED) is 0.852. The number of carboxylic acids is 1. The Bertz CT molecular complexity index is 639. The molecule has 3 N–H and O–H groups in total. The minimum absolute atomic E-state index is 0.291. The van der Waals surface area contributed by atoms with E-state index in [-0.39, 0.29) is 0 Å². The number of hydrogen-bond donors (Lipinski definition) is 2. The van der Waals surface area contributed by atoms with Crippen LogP contribution < -0.4 is 5.73 Å². The van der Waals surface area contributed by atoms with Crippen molar-refractivity contribution in [3.8, 4) is 11.3 Å². The van der Waals surface area contributed by atoms with E-state index in [1.165, 1.54) is 6.08 Å². The monoisotopic (exact) mass is 318 g/mol. The summed E-state index contributed by atoms with van der Waals surface area (Å²) in [6, 6.07) is 11.4. The molecule has 0 saturated heterocycles. The second-order valence-corrected chi connectivity index (χ2v) is 4.69. The number of pyridine rings is 1. The summed E-state index contributed by atoms with van der Waals surface area (Å²) in [6.07, 6.45) is 2.45. The van der Waals surface area contributed by atoms with Crippen LogP contribution in [0.4, 0.5) is 5.82 Å². The van der Waals surface area contributed by atoms with Crippen molar-refractivity contribution in [2.75, 3.05) is 5.73 Å². The molecule has 0 unspecified atom stereocenters. The van der Waals surface area contributed by atoms with E-state index in [0.29, 0.717) is 11.4 Å². The number of benzene rings is 1. The van der Waals surface area contributed by atoms with E-state index < -0.39 is 5.97 Å². The van der Waals surface area contributed by atoms with Crippen LogP contribution in [0, 0.1) is 0 Å². The highest BCUT2D eigenvalue weighted by Gasteiger charge is 2.08. The first-order chi connectivity index (χ1) is 9.08. The van der Waals surface area contributed by atoms with E-state index in [9.17, 15) is 4.79 Å². The molecular formula is C14H11BrN2O2. The van der Waals surface area contributed by atoms with E-state index in [1.807, 2.05) is 30.3 Å². The van der Waals surface area contributed by atoms with Crippen molar-refractivity contribution >= 4 is 33.8 Å². The van der Waals surface area contributed by atoms with Gasteiger partial charge in [-0.1, -0.05) is 30.3 Å². The summed E-state index contributed by atoms with van der Waals surface area (Å²) in [4.78, 5) is 14.8. The topological polar surface area (TPSA) is 76.2 Å². The van der Waals surface area contributed by atoms with Gasteiger partial charge in [0.05, 0.1) is 5.69 Å². The van der Waals surface area contributed by atoms with Gasteiger partial charge in [-0.25, -0.2) is 9.78 Å². The fourth-order valence-electron chi connectivity index (χ4n) is 1.61. The standard InChI is InChI=1S/C14H11BrN2O2/c15-11-8-10(6-7-12(18)19)14(16)17-13(11)9-4-2-1-3-5-9/h1-8H,(H2,16,17)(H,18,19)/b7-6+. The minimum atomic E-state index is -1.03. The summed E-state index contributed by atoms with van der Waals surface area (Å²) in [5.74, 6) is -0.734. The molecule has 2 aromatic rings. The van der Waals surface area contributed by atoms with Crippen molar-refractivity contribution < 1.29 is 9.90 Å². The fraction of sp³-hybridized carbons (Fsp3) is 0. The maximum absolute atomic E-state index is 10.5. The van der Waals surface area contributed by atoms with Crippen molar-refractivity contribution in [2.45, 2.75) is 0 Å². The average molecular weight is 319 g/mol. The number of aliphatic carboxylic acids is 1. The number of hydrogen-bond acceptors (Lipinski definition) is 3. The van der Waals surface area contributed by atoms with Crippen molar-refractivity contribution in [1.82, 2.24) is 4.98 Å². The van der Waals surface area contributed by atoms with Gasteiger partial charge in [0.25, 0.3) is 0 Å². The zero-order valence-corrected chi connectivity index (χ0v) is 11.5. The molecule has 0 aliphatic rings. The lowest BCUT2D eigenvalue weighted by Gasteiger charge is -2.07. The molecule has 0 aliphatic carbocycles. The number of anilines is 1. The number of nitrogen functional groups attached to an aromatic ring is 1. The Labute approximate surface area is 118 Å². The number of carboxylic acid groups (broad SMARTS) is 1. The number of halogens is 1. The minimum Gasteiger partial charge on any atom is -0.478 e. The molecule has 0 aliphatic heterocycles. The van der Waals surface area contributed by atoms with Crippen molar-refractivity contribution in [2.24, 2.45) is 0 Å². The number of aromatic nitrogens is 1. The van der Waals surface area contributed by atoms with Crippen LogP contribution in [0.2, 0.25) is 0 Å². The lowest BCUT2D eigenvalue weighted by atomic mass is 10.1. The van der Waals surface area contributed by atoms with Crippen molar-refractivity contribution in [1.29, 1.82) is 0 Å². The first-order valence-corrected chi connectivity index (χ1v) is 6.29. The van der Waals surface area contributed by atoms with Crippen molar-refractivity contribution in [3.63, 3.8) is 0 Å². The van der Waals surface area contributed by atoms with E-state index in [1.54, 1.807) is 6.07 Å². The first kappa shape index (κ1) is 13.3. The highest BCUT2D eigenvalue weighted by Crippen LogP contribution is 2.29. The Kier molecular flexibility index (Phi) is 3.97. The fourth-order valence-corrected chi connectivity index (χ4v) is 2.17. The molecule has 19 heavy (non-hydrogen) atoms. The predicted molar refractivity (Wildman–Crippen MR) is 78.5 cm³/mol. The second-order valence-electron chi connectivity index (χ2n) is 3.83. The molecule has 0 saturated carbocycles. The molecule has 0 radical (unpaired) electrons. The molecule has 4 nitrogen and oxygen atoms in total. The van der Waals surface area contributed by atoms with Gasteiger partial charge in [-0.15, -0.1) is 0 Å². The smallest absolute Gasteiger partial charge is 0.328 e. The maximum atomic E-state index is 10.5. The zero-order chi connectivity index (χ0) is 13.8. The summed E-state index contributed by atoms with van der Waals surface area (Å²) in [5, 5.41) is 8.61. The Balaban J connectivity index is 2.46.